The van der Waals surface area contributed by atoms with Crippen molar-refractivity contribution in [2.45, 2.75) is 18.9 Å². The maximum Gasteiger partial charge on any atom is 0.307 e. The van der Waals surface area contributed by atoms with E-state index in [2.05, 4.69) is 31.9 Å². The minimum absolute atomic E-state index is 0.259. The Labute approximate surface area is 126 Å². The van der Waals surface area contributed by atoms with Gasteiger partial charge in [0.05, 0.1) is 15.8 Å². The Morgan fingerprint density at radius 1 is 1.39 bits per heavy atom. The second-order valence-electron chi connectivity index (χ2n) is 4.27. The molecule has 6 heteroatoms. The highest BCUT2D eigenvalue weighted by Gasteiger charge is 2.35. The van der Waals surface area contributed by atoms with Crippen LogP contribution in [0.3, 0.4) is 0 Å². The van der Waals surface area contributed by atoms with Crippen LogP contribution in [0, 0.1) is 11.8 Å². The molecule has 0 spiro atoms. The Hall–Kier alpha value is -0.170. The number of aliphatic hydroxyl groups is 1. The average molecular weight is 396 g/mol. The van der Waals surface area contributed by atoms with Gasteiger partial charge < -0.3 is 10.2 Å². The van der Waals surface area contributed by atoms with Crippen LogP contribution in [0.15, 0.2) is 26.5 Å². The van der Waals surface area contributed by atoms with Crippen LogP contribution in [0.2, 0.25) is 0 Å². The van der Waals surface area contributed by atoms with Gasteiger partial charge in [0.25, 0.3) is 0 Å². The Kier molecular flexibility index (Phi) is 4.64. The number of halogens is 2. The van der Waals surface area contributed by atoms with Gasteiger partial charge in [0.15, 0.2) is 0 Å². The number of carbonyl (C=O) groups is 1. The molecule has 0 aromatic carbocycles. The van der Waals surface area contributed by atoms with Crippen LogP contribution in [0.1, 0.15) is 23.8 Å². The lowest BCUT2D eigenvalue weighted by Crippen LogP contribution is -2.29. The molecule has 0 saturated heterocycles. The van der Waals surface area contributed by atoms with Crippen molar-refractivity contribution in [1.29, 1.82) is 0 Å². The summed E-state index contributed by atoms with van der Waals surface area (Å²) in [6.07, 6.45) is 4.19. The molecular weight excluding hydrogens is 384 g/mol. The lowest BCUT2D eigenvalue weighted by Gasteiger charge is -2.28. The smallest absolute Gasteiger partial charge is 0.307 e. The van der Waals surface area contributed by atoms with Gasteiger partial charge in [-0.05, 0) is 50.8 Å². The minimum Gasteiger partial charge on any atom is -0.481 e. The zero-order valence-corrected chi connectivity index (χ0v) is 13.3. The highest BCUT2D eigenvalue weighted by atomic mass is 79.9. The normalized spacial score (nSPS) is 25.1. The van der Waals surface area contributed by atoms with E-state index >= 15 is 0 Å². The van der Waals surface area contributed by atoms with E-state index in [0.717, 1.165) is 13.1 Å². The van der Waals surface area contributed by atoms with Gasteiger partial charge in [-0.2, -0.15) is 0 Å². The molecule has 18 heavy (non-hydrogen) atoms. The third-order valence-corrected chi connectivity index (χ3v) is 6.49. The van der Waals surface area contributed by atoms with Crippen molar-refractivity contribution in [1.82, 2.24) is 0 Å². The number of thiophene rings is 1. The van der Waals surface area contributed by atoms with Crippen LogP contribution in [-0.2, 0) is 4.79 Å². The zero-order valence-electron chi connectivity index (χ0n) is 9.35. The number of aliphatic carboxylic acids is 1. The molecule has 3 nitrogen and oxygen atoms in total. The predicted molar refractivity (Wildman–Crippen MR) is 77.7 cm³/mol. The Morgan fingerprint density at radius 3 is 2.61 bits per heavy atom. The van der Waals surface area contributed by atoms with E-state index in [1.807, 2.05) is 18.2 Å². The van der Waals surface area contributed by atoms with E-state index in [0.29, 0.717) is 12.8 Å². The highest BCUT2D eigenvalue weighted by Crippen LogP contribution is 2.42. The number of allylic oxidation sites excluding steroid dienone is 2. The Morgan fingerprint density at radius 2 is 2.06 bits per heavy atom. The highest BCUT2D eigenvalue weighted by molar-refractivity contribution is 9.13. The summed E-state index contributed by atoms with van der Waals surface area (Å²) in [4.78, 5) is 12.0. The van der Waals surface area contributed by atoms with Gasteiger partial charge in [-0.1, -0.05) is 12.2 Å². The fourth-order valence-corrected chi connectivity index (χ4v) is 4.34. The summed E-state index contributed by atoms with van der Waals surface area (Å²) in [5, 5.41) is 19.6. The molecule has 0 amide bonds. The van der Waals surface area contributed by atoms with E-state index in [9.17, 15) is 15.0 Å². The van der Waals surface area contributed by atoms with Crippen LogP contribution >= 0.6 is 43.2 Å². The molecule has 3 unspecified atom stereocenters. The molecule has 1 aliphatic rings. The first-order valence-corrected chi connectivity index (χ1v) is 7.91. The van der Waals surface area contributed by atoms with Gasteiger partial charge in [-0.3, -0.25) is 4.79 Å². The monoisotopic (exact) mass is 394 g/mol. The van der Waals surface area contributed by atoms with Crippen molar-refractivity contribution in [3.63, 3.8) is 0 Å². The van der Waals surface area contributed by atoms with Crippen molar-refractivity contribution in [2.75, 3.05) is 0 Å². The van der Waals surface area contributed by atoms with E-state index in [-0.39, 0.29) is 5.92 Å². The first kappa shape index (κ1) is 14.2. The van der Waals surface area contributed by atoms with Gasteiger partial charge in [0, 0.05) is 15.3 Å². The summed E-state index contributed by atoms with van der Waals surface area (Å²) < 4.78 is 1.80. The van der Waals surface area contributed by atoms with Gasteiger partial charge in [-0.25, -0.2) is 0 Å². The molecule has 1 aromatic rings. The molecule has 0 radical (unpaired) electrons. The third-order valence-electron chi connectivity index (χ3n) is 3.16. The molecule has 1 aliphatic carbocycles. The number of hydrogen-bond acceptors (Lipinski definition) is 3. The van der Waals surface area contributed by atoms with Crippen molar-refractivity contribution >= 4 is 49.2 Å². The topological polar surface area (TPSA) is 57.5 Å². The van der Waals surface area contributed by atoms with Gasteiger partial charge in [0.2, 0.25) is 0 Å². The maximum atomic E-state index is 11.2. The van der Waals surface area contributed by atoms with Gasteiger partial charge >= 0.3 is 5.97 Å². The van der Waals surface area contributed by atoms with Crippen LogP contribution < -0.4 is 0 Å². The molecule has 0 fully saturated rings. The molecule has 3 atom stereocenters. The molecule has 98 valence electrons. The Bertz CT molecular complexity index is 464. The first-order chi connectivity index (χ1) is 8.50. The van der Waals surface area contributed by atoms with Crippen LogP contribution in [0.4, 0.5) is 0 Å². The van der Waals surface area contributed by atoms with Crippen LogP contribution in [0.25, 0.3) is 0 Å². The molecule has 0 aliphatic heterocycles. The number of carboxylic acid groups (broad SMARTS) is 1. The predicted octanol–water partition coefficient (Wildman–Crippen LogP) is 3.97. The van der Waals surface area contributed by atoms with Crippen LogP contribution in [0.5, 0.6) is 0 Å². The van der Waals surface area contributed by atoms with Crippen molar-refractivity contribution < 1.29 is 15.0 Å². The van der Waals surface area contributed by atoms with Gasteiger partial charge in [0.1, 0.15) is 0 Å². The molecule has 2 rings (SSSR count). The minimum atomic E-state index is -0.835. The van der Waals surface area contributed by atoms with Crippen molar-refractivity contribution in [3.05, 3.63) is 31.4 Å². The number of carboxylic acids is 1. The lowest BCUT2D eigenvalue weighted by atomic mass is 9.79. The summed E-state index contributed by atoms with van der Waals surface area (Å²) in [5.41, 5.74) is 0. The van der Waals surface area contributed by atoms with E-state index in [1.54, 1.807) is 0 Å². The van der Waals surface area contributed by atoms with Crippen molar-refractivity contribution in [3.8, 4) is 0 Å². The van der Waals surface area contributed by atoms with E-state index in [4.69, 9.17) is 0 Å². The quantitative estimate of drug-likeness (QED) is 0.761. The van der Waals surface area contributed by atoms with Crippen LogP contribution in [-0.4, -0.2) is 16.2 Å². The second kappa shape index (κ2) is 5.86. The summed E-state index contributed by atoms with van der Waals surface area (Å²) >= 11 is 8.19. The van der Waals surface area contributed by atoms with E-state index < -0.39 is 18.0 Å². The number of rotatable bonds is 3. The molecule has 2 N–H and O–H groups in total. The maximum absolute atomic E-state index is 11.2. The number of hydrogen-bond donors (Lipinski definition) is 2. The molecule has 1 aromatic heterocycles. The molecular formula is C12H12Br2O3S. The van der Waals surface area contributed by atoms with E-state index in [1.165, 1.54) is 11.3 Å². The average Bonchev–Trinajstić information content (AvgIpc) is 2.68. The molecule has 0 bridgehead atoms. The summed E-state index contributed by atoms with van der Waals surface area (Å²) in [7, 11) is 0. The third kappa shape index (κ3) is 2.87. The van der Waals surface area contributed by atoms with Crippen molar-refractivity contribution in [2.24, 2.45) is 11.8 Å². The SMILES string of the molecule is O=C(O)C1CC=CCC1C(O)c1cc(Br)c(Br)s1. The summed E-state index contributed by atoms with van der Waals surface area (Å²) in [5.74, 6) is -1.60. The Balaban J connectivity index is 2.23. The fourth-order valence-electron chi connectivity index (χ4n) is 2.19. The fraction of sp³-hybridized carbons (Fsp3) is 0.417. The first-order valence-electron chi connectivity index (χ1n) is 5.51. The largest absolute Gasteiger partial charge is 0.481 e. The molecule has 0 saturated carbocycles. The molecule has 1 heterocycles. The lowest BCUT2D eigenvalue weighted by molar-refractivity contribution is -0.145. The summed E-state index contributed by atoms with van der Waals surface area (Å²) in [6, 6.07) is 1.84. The second-order valence-corrected chi connectivity index (χ2v) is 7.52. The summed E-state index contributed by atoms with van der Waals surface area (Å²) in [6.45, 7) is 0. The number of aliphatic hydroxyl groups excluding tert-OH is 1. The van der Waals surface area contributed by atoms with Gasteiger partial charge in [-0.15, -0.1) is 11.3 Å². The zero-order chi connectivity index (χ0) is 13.3. The standard InChI is InChI=1S/C12H12Br2O3S/c13-8-5-9(18-11(8)14)10(15)6-3-1-2-4-7(6)12(16)17/h1-2,5-7,10,15H,3-4H2,(H,16,17).